The number of nitrogen functional groups attached to an aromatic ring is 1. The highest BCUT2D eigenvalue weighted by Crippen LogP contribution is 2.26. The average molecular weight is 351 g/mol. The quantitative estimate of drug-likeness (QED) is 0.664. The van der Waals surface area contributed by atoms with Gasteiger partial charge in [0.25, 0.3) is 0 Å². The van der Waals surface area contributed by atoms with Crippen LogP contribution in [0.4, 0.5) is 15.8 Å². The SMILES string of the molecule is CN(C)C(=O)CN(C)c1cc(F)c(I)cc1N. The molecule has 1 aromatic carbocycles. The van der Waals surface area contributed by atoms with E-state index >= 15 is 0 Å². The zero-order valence-corrected chi connectivity index (χ0v) is 12.2. The van der Waals surface area contributed by atoms with E-state index in [-0.39, 0.29) is 18.3 Å². The predicted octanol–water partition coefficient (Wildman–Crippen LogP) is 1.54. The van der Waals surface area contributed by atoms with Gasteiger partial charge in [-0.05, 0) is 28.7 Å². The molecule has 1 rings (SSSR count). The number of likely N-dealkylation sites (N-methyl/N-ethyl adjacent to an activating group) is 2. The Morgan fingerprint density at radius 3 is 2.53 bits per heavy atom. The maximum Gasteiger partial charge on any atom is 0.241 e. The standard InChI is InChI=1S/C11H15FIN3O/c1-15(2)11(17)6-16(3)10-4-7(12)8(13)5-9(10)14/h4-5H,6,14H2,1-3H3. The van der Waals surface area contributed by atoms with E-state index in [2.05, 4.69) is 0 Å². The van der Waals surface area contributed by atoms with Crippen molar-refractivity contribution in [3.8, 4) is 0 Å². The first-order chi connectivity index (χ1) is 7.82. The van der Waals surface area contributed by atoms with Gasteiger partial charge in [0.15, 0.2) is 0 Å². The number of rotatable bonds is 3. The Labute approximate surface area is 114 Å². The fraction of sp³-hybridized carbons (Fsp3) is 0.364. The molecule has 2 N–H and O–H groups in total. The summed E-state index contributed by atoms with van der Waals surface area (Å²) in [4.78, 5) is 14.7. The van der Waals surface area contributed by atoms with Gasteiger partial charge in [-0.2, -0.15) is 0 Å². The van der Waals surface area contributed by atoms with Crippen molar-refractivity contribution in [2.24, 2.45) is 0 Å². The number of nitrogens with two attached hydrogens (primary N) is 1. The molecule has 0 saturated heterocycles. The summed E-state index contributed by atoms with van der Waals surface area (Å²) < 4.78 is 13.9. The zero-order valence-electron chi connectivity index (χ0n) is 10.00. The Hall–Kier alpha value is -1.05. The first-order valence-corrected chi connectivity index (χ1v) is 6.06. The van der Waals surface area contributed by atoms with Gasteiger partial charge in [-0.25, -0.2) is 4.39 Å². The molecule has 17 heavy (non-hydrogen) atoms. The van der Waals surface area contributed by atoms with E-state index in [4.69, 9.17) is 5.73 Å². The Morgan fingerprint density at radius 1 is 1.41 bits per heavy atom. The minimum atomic E-state index is -0.334. The fourth-order valence-corrected chi connectivity index (χ4v) is 1.80. The summed E-state index contributed by atoms with van der Waals surface area (Å²) in [7, 11) is 5.06. The number of benzene rings is 1. The van der Waals surface area contributed by atoms with Crippen LogP contribution in [0.15, 0.2) is 12.1 Å². The molecule has 0 spiro atoms. The van der Waals surface area contributed by atoms with Crippen molar-refractivity contribution in [2.45, 2.75) is 0 Å². The highest BCUT2D eigenvalue weighted by Gasteiger charge is 2.13. The summed E-state index contributed by atoms with van der Waals surface area (Å²) >= 11 is 1.88. The van der Waals surface area contributed by atoms with Gasteiger partial charge >= 0.3 is 0 Å². The first kappa shape index (κ1) is 14.0. The van der Waals surface area contributed by atoms with Gasteiger partial charge in [-0.3, -0.25) is 4.79 Å². The van der Waals surface area contributed by atoms with Gasteiger partial charge in [-0.1, -0.05) is 0 Å². The van der Waals surface area contributed by atoms with Crippen molar-refractivity contribution >= 4 is 39.9 Å². The lowest BCUT2D eigenvalue weighted by Gasteiger charge is -2.22. The summed E-state index contributed by atoms with van der Waals surface area (Å²) in [5.74, 6) is -0.398. The highest BCUT2D eigenvalue weighted by molar-refractivity contribution is 14.1. The minimum absolute atomic E-state index is 0.0640. The average Bonchev–Trinajstić information content (AvgIpc) is 2.22. The van der Waals surface area contributed by atoms with E-state index in [1.165, 1.54) is 11.0 Å². The third-order valence-electron chi connectivity index (χ3n) is 2.35. The molecule has 0 fully saturated rings. The highest BCUT2D eigenvalue weighted by atomic mass is 127. The number of nitrogens with zero attached hydrogens (tertiary/aromatic N) is 2. The van der Waals surface area contributed by atoms with Gasteiger partial charge in [0.1, 0.15) is 5.82 Å². The predicted molar refractivity (Wildman–Crippen MR) is 75.5 cm³/mol. The Bertz CT molecular complexity index is 437. The Kier molecular flexibility index (Phi) is 4.55. The lowest BCUT2D eigenvalue weighted by Crippen LogP contribution is -2.34. The maximum absolute atomic E-state index is 13.4. The molecule has 4 nitrogen and oxygen atoms in total. The third kappa shape index (κ3) is 3.45. The molecule has 0 bridgehead atoms. The van der Waals surface area contributed by atoms with Crippen molar-refractivity contribution in [3.63, 3.8) is 0 Å². The molecule has 0 unspecified atom stereocenters. The third-order valence-corrected chi connectivity index (χ3v) is 3.18. The molecule has 0 aliphatic rings. The van der Waals surface area contributed by atoms with Crippen molar-refractivity contribution in [1.82, 2.24) is 4.90 Å². The Morgan fingerprint density at radius 2 is 2.00 bits per heavy atom. The summed E-state index contributed by atoms with van der Waals surface area (Å²) in [6.45, 7) is 0.164. The molecule has 0 aromatic heterocycles. The number of amides is 1. The van der Waals surface area contributed by atoms with E-state index in [1.807, 2.05) is 22.6 Å². The minimum Gasteiger partial charge on any atom is -0.397 e. The maximum atomic E-state index is 13.4. The molecule has 0 heterocycles. The monoisotopic (exact) mass is 351 g/mol. The number of hydrogen-bond acceptors (Lipinski definition) is 3. The summed E-state index contributed by atoms with van der Waals surface area (Å²) in [6.07, 6.45) is 0. The van der Waals surface area contributed by atoms with E-state index < -0.39 is 0 Å². The molecule has 0 aliphatic heterocycles. The van der Waals surface area contributed by atoms with Crippen LogP contribution in [0.1, 0.15) is 0 Å². The van der Waals surface area contributed by atoms with Gasteiger partial charge in [0.05, 0.1) is 21.5 Å². The molecule has 0 saturated carbocycles. The second-order valence-corrected chi connectivity index (χ2v) is 5.13. The van der Waals surface area contributed by atoms with Gasteiger partial charge in [0, 0.05) is 27.2 Å². The van der Waals surface area contributed by atoms with Crippen molar-refractivity contribution in [3.05, 3.63) is 21.5 Å². The largest absolute Gasteiger partial charge is 0.397 e. The van der Waals surface area contributed by atoms with E-state index in [1.54, 1.807) is 32.1 Å². The number of anilines is 2. The number of carbonyl (C=O) groups excluding carboxylic acids is 1. The van der Waals surface area contributed by atoms with Crippen LogP contribution >= 0.6 is 22.6 Å². The second kappa shape index (κ2) is 5.52. The number of halogens is 2. The van der Waals surface area contributed by atoms with Gasteiger partial charge < -0.3 is 15.5 Å². The molecule has 0 aliphatic carbocycles. The second-order valence-electron chi connectivity index (χ2n) is 3.97. The van der Waals surface area contributed by atoms with Crippen LogP contribution in [0, 0.1) is 9.39 Å². The molecule has 1 aromatic rings. The Balaban J connectivity index is 2.93. The summed E-state index contributed by atoms with van der Waals surface area (Å²) in [6, 6.07) is 2.90. The summed E-state index contributed by atoms with van der Waals surface area (Å²) in [5.41, 5.74) is 6.79. The molecular formula is C11H15FIN3O. The molecule has 1 amide bonds. The van der Waals surface area contributed by atoms with Gasteiger partial charge in [0.2, 0.25) is 5.91 Å². The molecule has 0 radical (unpaired) electrons. The smallest absolute Gasteiger partial charge is 0.241 e. The van der Waals surface area contributed by atoms with E-state index in [0.29, 0.717) is 14.9 Å². The van der Waals surface area contributed by atoms with Crippen LogP contribution < -0.4 is 10.6 Å². The lowest BCUT2D eigenvalue weighted by atomic mass is 10.2. The van der Waals surface area contributed by atoms with Crippen molar-refractivity contribution in [1.29, 1.82) is 0 Å². The van der Waals surface area contributed by atoms with Gasteiger partial charge in [-0.15, -0.1) is 0 Å². The number of hydrogen-bond donors (Lipinski definition) is 1. The van der Waals surface area contributed by atoms with Crippen LogP contribution in [0.2, 0.25) is 0 Å². The van der Waals surface area contributed by atoms with Crippen molar-refractivity contribution in [2.75, 3.05) is 38.3 Å². The lowest BCUT2D eigenvalue weighted by molar-refractivity contribution is -0.127. The fourth-order valence-electron chi connectivity index (χ4n) is 1.31. The van der Waals surface area contributed by atoms with Crippen LogP contribution in [-0.2, 0) is 4.79 Å². The number of carbonyl (C=O) groups is 1. The molecule has 94 valence electrons. The van der Waals surface area contributed by atoms with E-state index in [0.717, 1.165) is 0 Å². The van der Waals surface area contributed by atoms with Crippen LogP contribution in [0.25, 0.3) is 0 Å². The topological polar surface area (TPSA) is 49.6 Å². The van der Waals surface area contributed by atoms with Crippen LogP contribution in [-0.4, -0.2) is 38.5 Å². The van der Waals surface area contributed by atoms with E-state index in [9.17, 15) is 9.18 Å². The summed E-state index contributed by atoms with van der Waals surface area (Å²) in [5, 5.41) is 0. The van der Waals surface area contributed by atoms with Crippen LogP contribution in [0.3, 0.4) is 0 Å². The zero-order chi connectivity index (χ0) is 13.2. The van der Waals surface area contributed by atoms with Crippen LogP contribution in [0.5, 0.6) is 0 Å². The van der Waals surface area contributed by atoms with Crippen molar-refractivity contribution < 1.29 is 9.18 Å². The molecule has 0 atom stereocenters. The normalized spacial score (nSPS) is 10.2. The first-order valence-electron chi connectivity index (χ1n) is 4.98. The molecule has 6 heteroatoms. The molecular weight excluding hydrogens is 336 g/mol.